The molecule has 110 valence electrons. The molecule has 0 bridgehead atoms. The molecule has 0 fully saturated rings. The Morgan fingerprint density at radius 1 is 1.05 bits per heavy atom. The van der Waals surface area contributed by atoms with E-state index in [0.717, 1.165) is 6.92 Å². The Hall–Kier alpha value is -2.08. The predicted octanol–water partition coefficient (Wildman–Crippen LogP) is 4.42. The number of halogens is 5. The highest BCUT2D eigenvalue weighted by Gasteiger charge is 2.26. The van der Waals surface area contributed by atoms with Crippen LogP contribution in [0.2, 0.25) is 5.02 Å². The zero-order valence-corrected chi connectivity index (χ0v) is 11.3. The Balaban J connectivity index is 2.43. The van der Waals surface area contributed by atoms with Crippen molar-refractivity contribution in [1.82, 2.24) is 0 Å². The number of hydrogen-bond donors (Lipinski definition) is 0. The van der Waals surface area contributed by atoms with Crippen LogP contribution in [0, 0.1) is 30.2 Å². The zero-order chi connectivity index (χ0) is 15.7. The standard InChI is InChI=1S/C14H7ClF4O2/c1-6-9(16)11(18)13(12(19)10(6)17)21-14(20)7-3-2-4-8(15)5-7/h2-5H,1H3. The van der Waals surface area contributed by atoms with Crippen LogP contribution in [0.4, 0.5) is 17.6 Å². The molecule has 7 heteroatoms. The summed E-state index contributed by atoms with van der Waals surface area (Å²) in [5.41, 5.74) is -0.963. The molecule has 0 radical (unpaired) electrons. The van der Waals surface area contributed by atoms with E-state index in [-0.39, 0.29) is 10.6 Å². The van der Waals surface area contributed by atoms with E-state index in [1.54, 1.807) is 0 Å². The van der Waals surface area contributed by atoms with Gasteiger partial charge in [0.15, 0.2) is 11.6 Å². The highest BCUT2D eigenvalue weighted by molar-refractivity contribution is 6.30. The number of carbonyl (C=O) groups is 1. The van der Waals surface area contributed by atoms with Crippen LogP contribution in [0.5, 0.6) is 5.75 Å². The SMILES string of the molecule is Cc1c(F)c(F)c(OC(=O)c2cccc(Cl)c2)c(F)c1F. The molecule has 0 aliphatic carbocycles. The lowest BCUT2D eigenvalue weighted by atomic mass is 10.2. The summed E-state index contributed by atoms with van der Waals surface area (Å²) < 4.78 is 58.3. The fourth-order valence-electron chi connectivity index (χ4n) is 1.58. The molecule has 2 rings (SSSR count). The van der Waals surface area contributed by atoms with Crippen LogP contribution in [0.1, 0.15) is 15.9 Å². The second-order valence-corrected chi connectivity index (χ2v) is 4.55. The van der Waals surface area contributed by atoms with Gasteiger partial charge in [0.1, 0.15) is 0 Å². The summed E-state index contributed by atoms with van der Waals surface area (Å²) in [7, 11) is 0. The van der Waals surface area contributed by atoms with Crippen LogP contribution >= 0.6 is 11.6 Å². The number of carbonyl (C=O) groups excluding carboxylic acids is 1. The Kier molecular flexibility index (Phi) is 4.18. The van der Waals surface area contributed by atoms with Crippen molar-refractivity contribution in [2.24, 2.45) is 0 Å². The number of ether oxygens (including phenoxy) is 1. The lowest BCUT2D eigenvalue weighted by Gasteiger charge is -2.10. The summed E-state index contributed by atoms with van der Waals surface area (Å²) in [6.07, 6.45) is 0. The number of rotatable bonds is 2. The lowest BCUT2D eigenvalue weighted by molar-refractivity contribution is 0.0717. The van der Waals surface area contributed by atoms with E-state index in [1.165, 1.54) is 24.3 Å². The topological polar surface area (TPSA) is 26.3 Å². The maximum atomic E-state index is 13.6. The van der Waals surface area contributed by atoms with E-state index >= 15 is 0 Å². The minimum absolute atomic E-state index is 0.123. The van der Waals surface area contributed by atoms with Gasteiger partial charge in [0.25, 0.3) is 0 Å². The van der Waals surface area contributed by atoms with E-state index in [2.05, 4.69) is 4.74 Å². The summed E-state index contributed by atoms with van der Waals surface area (Å²) in [6, 6.07) is 5.32. The van der Waals surface area contributed by atoms with Crippen molar-refractivity contribution in [3.8, 4) is 5.75 Å². The summed E-state index contributed by atoms with van der Waals surface area (Å²) in [5, 5.41) is 0.187. The average Bonchev–Trinajstić information content (AvgIpc) is 2.47. The van der Waals surface area contributed by atoms with E-state index in [9.17, 15) is 22.4 Å². The fraction of sp³-hybridized carbons (Fsp3) is 0.0714. The van der Waals surface area contributed by atoms with Gasteiger partial charge in [-0.1, -0.05) is 17.7 Å². The molecule has 21 heavy (non-hydrogen) atoms. The van der Waals surface area contributed by atoms with Crippen molar-refractivity contribution in [3.63, 3.8) is 0 Å². The van der Waals surface area contributed by atoms with Crippen LogP contribution in [-0.4, -0.2) is 5.97 Å². The van der Waals surface area contributed by atoms with E-state index < -0.39 is 40.6 Å². The Labute approximate surface area is 121 Å². The molecule has 0 N–H and O–H groups in total. The first-order valence-corrected chi connectivity index (χ1v) is 6.01. The minimum atomic E-state index is -1.78. The third kappa shape index (κ3) is 2.85. The molecule has 0 aliphatic rings. The second-order valence-electron chi connectivity index (χ2n) is 4.11. The van der Waals surface area contributed by atoms with Crippen LogP contribution in [-0.2, 0) is 0 Å². The smallest absolute Gasteiger partial charge is 0.343 e. The Morgan fingerprint density at radius 3 is 2.14 bits per heavy atom. The summed E-state index contributed by atoms with van der Waals surface area (Å²) in [4.78, 5) is 11.7. The van der Waals surface area contributed by atoms with Gasteiger partial charge < -0.3 is 4.74 Å². The quantitative estimate of drug-likeness (QED) is 0.354. The largest absolute Gasteiger partial charge is 0.416 e. The summed E-state index contributed by atoms with van der Waals surface area (Å²) in [6.45, 7) is 0.861. The first kappa shape index (κ1) is 15.3. The molecule has 0 atom stereocenters. The van der Waals surface area contributed by atoms with Crippen molar-refractivity contribution in [2.75, 3.05) is 0 Å². The average molecular weight is 319 g/mol. The first-order valence-electron chi connectivity index (χ1n) is 5.63. The summed E-state index contributed by atoms with van der Waals surface area (Å²) >= 11 is 5.65. The van der Waals surface area contributed by atoms with Gasteiger partial charge in [-0.15, -0.1) is 0 Å². The van der Waals surface area contributed by atoms with Gasteiger partial charge in [-0.05, 0) is 25.1 Å². The van der Waals surface area contributed by atoms with Crippen LogP contribution in [0.3, 0.4) is 0 Å². The molecular formula is C14H7ClF4O2. The molecule has 0 spiro atoms. The molecule has 0 saturated carbocycles. The van der Waals surface area contributed by atoms with Crippen LogP contribution < -0.4 is 4.74 Å². The van der Waals surface area contributed by atoms with Crippen molar-refractivity contribution >= 4 is 17.6 Å². The van der Waals surface area contributed by atoms with Gasteiger partial charge >= 0.3 is 5.97 Å². The van der Waals surface area contributed by atoms with Crippen molar-refractivity contribution < 1.29 is 27.1 Å². The molecule has 2 aromatic rings. The van der Waals surface area contributed by atoms with Crippen molar-refractivity contribution in [1.29, 1.82) is 0 Å². The number of esters is 1. The van der Waals surface area contributed by atoms with Gasteiger partial charge in [0, 0.05) is 10.6 Å². The van der Waals surface area contributed by atoms with Gasteiger partial charge in [0.2, 0.25) is 17.4 Å². The Morgan fingerprint density at radius 2 is 1.62 bits per heavy atom. The van der Waals surface area contributed by atoms with Crippen LogP contribution in [0.25, 0.3) is 0 Å². The molecule has 0 aromatic heterocycles. The van der Waals surface area contributed by atoms with E-state index in [4.69, 9.17) is 11.6 Å². The third-order valence-corrected chi connectivity index (χ3v) is 2.93. The second kappa shape index (κ2) is 5.73. The van der Waals surface area contributed by atoms with Gasteiger partial charge in [0.05, 0.1) is 5.56 Å². The monoisotopic (exact) mass is 318 g/mol. The third-order valence-electron chi connectivity index (χ3n) is 2.70. The van der Waals surface area contributed by atoms with Gasteiger partial charge in [-0.3, -0.25) is 0 Å². The number of benzene rings is 2. The molecule has 0 unspecified atom stereocenters. The highest BCUT2D eigenvalue weighted by atomic mass is 35.5. The Bertz CT molecular complexity index is 702. The van der Waals surface area contributed by atoms with E-state index in [1.807, 2.05) is 0 Å². The molecule has 0 saturated heterocycles. The fourth-order valence-corrected chi connectivity index (χ4v) is 1.77. The summed E-state index contributed by atoms with van der Waals surface area (Å²) in [5.74, 6) is -9.42. The predicted molar refractivity (Wildman–Crippen MR) is 67.4 cm³/mol. The van der Waals surface area contributed by atoms with Crippen molar-refractivity contribution in [3.05, 3.63) is 63.7 Å². The highest BCUT2D eigenvalue weighted by Crippen LogP contribution is 2.30. The molecule has 2 nitrogen and oxygen atoms in total. The number of hydrogen-bond acceptors (Lipinski definition) is 2. The maximum absolute atomic E-state index is 13.6. The molecule has 2 aromatic carbocycles. The molecule has 0 heterocycles. The zero-order valence-electron chi connectivity index (χ0n) is 10.5. The van der Waals surface area contributed by atoms with Crippen molar-refractivity contribution in [2.45, 2.75) is 6.92 Å². The minimum Gasteiger partial charge on any atom is -0.416 e. The first-order chi connectivity index (χ1) is 9.82. The molecule has 0 amide bonds. The normalized spacial score (nSPS) is 10.6. The molecule has 0 aliphatic heterocycles. The molecular weight excluding hydrogens is 312 g/mol. The van der Waals surface area contributed by atoms with Gasteiger partial charge in [-0.2, -0.15) is 8.78 Å². The lowest BCUT2D eigenvalue weighted by Crippen LogP contribution is -2.13. The van der Waals surface area contributed by atoms with Gasteiger partial charge in [-0.25, -0.2) is 13.6 Å². The maximum Gasteiger partial charge on any atom is 0.343 e. The van der Waals surface area contributed by atoms with E-state index in [0.29, 0.717) is 0 Å². The van der Waals surface area contributed by atoms with Crippen LogP contribution in [0.15, 0.2) is 24.3 Å².